The van der Waals surface area contributed by atoms with Crippen molar-refractivity contribution in [3.63, 3.8) is 0 Å². The zero-order valence-corrected chi connectivity index (χ0v) is 11.8. The van der Waals surface area contributed by atoms with Gasteiger partial charge in [0, 0.05) is 12.2 Å². The monoisotopic (exact) mass is 250 g/mol. The lowest BCUT2D eigenvalue weighted by Crippen LogP contribution is -2.34. The molecule has 0 saturated carbocycles. The van der Waals surface area contributed by atoms with Gasteiger partial charge in [-0.2, -0.15) is 0 Å². The van der Waals surface area contributed by atoms with Gasteiger partial charge in [-0.05, 0) is 51.2 Å². The van der Waals surface area contributed by atoms with Gasteiger partial charge in [-0.25, -0.2) is 4.98 Å². The number of rotatable bonds is 8. The van der Waals surface area contributed by atoms with Gasteiger partial charge in [0.25, 0.3) is 0 Å². The fourth-order valence-corrected chi connectivity index (χ4v) is 2.12. The molecule has 0 spiro atoms. The van der Waals surface area contributed by atoms with Crippen molar-refractivity contribution in [3.05, 3.63) is 23.9 Å². The minimum atomic E-state index is 0.456. The number of hydrogen-bond donors (Lipinski definition) is 2. The second-order valence-corrected chi connectivity index (χ2v) is 4.55. The Hall–Kier alpha value is -1.13. The van der Waals surface area contributed by atoms with Crippen LogP contribution in [0.3, 0.4) is 0 Å². The largest absolute Gasteiger partial charge is 0.383 e. The van der Waals surface area contributed by atoms with Crippen LogP contribution in [0.1, 0.15) is 25.8 Å². The van der Waals surface area contributed by atoms with E-state index in [0.717, 1.165) is 38.0 Å². The predicted molar refractivity (Wildman–Crippen MR) is 77.6 cm³/mol. The fraction of sp³-hybridized carbons (Fsp3) is 0.643. The lowest BCUT2D eigenvalue weighted by molar-refractivity contribution is 0.283. The highest BCUT2D eigenvalue weighted by atomic mass is 15.1. The molecule has 0 aliphatic heterocycles. The molecular weight excluding hydrogens is 224 g/mol. The molecule has 1 atom stereocenters. The first kappa shape index (κ1) is 14.9. The third-order valence-corrected chi connectivity index (χ3v) is 3.49. The number of likely N-dealkylation sites (N-methyl/N-ethyl adjacent to an activating group) is 1. The van der Waals surface area contributed by atoms with Gasteiger partial charge in [0.1, 0.15) is 5.82 Å². The summed E-state index contributed by atoms with van der Waals surface area (Å²) >= 11 is 0. The first-order valence-corrected chi connectivity index (χ1v) is 6.80. The Morgan fingerprint density at radius 1 is 1.39 bits per heavy atom. The van der Waals surface area contributed by atoms with E-state index in [0.29, 0.717) is 11.9 Å². The molecular formula is C14H26N4. The summed E-state index contributed by atoms with van der Waals surface area (Å²) in [6.45, 7) is 7.76. The Bertz CT molecular complexity index is 336. The first-order valence-electron chi connectivity index (χ1n) is 6.80. The highest BCUT2D eigenvalue weighted by Gasteiger charge is 2.11. The van der Waals surface area contributed by atoms with Gasteiger partial charge < -0.3 is 16.0 Å². The van der Waals surface area contributed by atoms with Crippen LogP contribution in [0.2, 0.25) is 0 Å². The molecule has 0 aliphatic carbocycles. The molecule has 18 heavy (non-hydrogen) atoms. The Kier molecular flexibility index (Phi) is 6.68. The Morgan fingerprint density at radius 2 is 2.11 bits per heavy atom. The lowest BCUT2D eigenvalue weighted by atomic mass is 10.0. The van der Waals surface area contributed by atoms with Gasteiger partial charge in [0.15, 0.2) is 0 Å². The van der Waals surface area contributed by atoms with Gasteiger partial charge in [-0.1, -0.05) is 19.9 Å². The molecule has 0 radical (unpaired) electrons. The van der Waals surface area contributed by atoms with Crippen LogP contribution in [-0.2, 0) is 6.42 Å². The fourth-order valence-electron chi connectivity index (χ4n) is 2.12. The van der Waals surface area contributed by atoms with E-state index >= 15 is 0 Å². The van der Waals surface area contributed by atoms with Crippen molar-refractivity contribution in [2.75, 3.05) is 32.4 Å². The standard InChI is InChI=1S/C14H26N4/c1-4-18(5-2)10-8-13(16-3)11-12-7-6-9-17-14(12)15/h6-7,9,13,16H,4-5,8,10-11H2,1-3H3,(H2,15,17). The van der Waals surface area contributed by atoms with Crippen LogP contribution in [0.25, 0.3) is 0 Å². The normalized spacial score (nSPS) is 12.9. The van der Waals surface area contributed by atoms with Crippen molar-refractivity contribution in [2.24, 2.45) is 0 Å². The molecule has 0 aliphatic rings. The van der Waals surface area contributed by atoms with E-state index in [9.17, 15) is 0 Å². The van der Waals surface area contributed by atoms with E-state index in [1.807, 2.05) is 13.1 Å². The van der Waals surface area contributed by atoms with Crippen molar-refractivity contribution in [1.82, 2.24) is 15.2 Å². The van der Waals surface area contributed by atoms with E-state index in [-0.39, 0.29) is 0 Å². The Balaban J connectivity index is 2.49. The molecule has 4 nitrogen and oxygen atoms in total. The van der Waals surface area contributed by atoms with Crippen molar-refractivity contribution in [2.45, 2.75) is 32.7 Å². The molecule has 0 amide bonds. The minimum absolute atomic E-state index is 0.456. The van der Waals surface area contributed by atoms with Gasteiger partial charge in [0.2, 0.25) is 0 Å². The summed E-state index contributed by atoms with van der Waals surface area (Å²) < 4.78 is 0. The van der Waals surface area contributed by atoms with E-state index in [2.05, 4.69) is 35.1 Å². The average Bonchev–Trinajstić information content (AvgIpc) is 2.40. The highest BCUT2D eigenvalue weighted by molar-refractivity contribution is 5.38. The molecule has 0 bridgehead atoms. The number of nitrogen functional groups attached to an aromatic ring is 1. The van der Waals surface area contributed by atoms with Crippen molar-refractivity contribution in [3.8, 4) is 0 Å². The molecule has 102 valence electrons. The molecule has 0 fully saturated rings. The van der Waals surface area contributed by atoms with E-state index < -0.39 is 0 Å². The second-order valence-electron chi connectivity index (χ2n) is 4.55. The van der Waals surface area contributed by atoms with Crippen molar-refractivity contribution in [1.29, 1.82) is 0 Å². The SMILES string of the molecule is CCN(CC)CCC(Cc1cccnc1N)NC. The molecule has 1 rings (SSSR count). The number of nitrogens with zero attached hydrogens (tertiary/aromatic N) is 2. The summed E-state index contributed by atoms with van der Waals surface area (Å²) in [4.78, 5) is 6.58. The summed E-state index contributed by atoms with van der Waals surface area (Å²) in [7, 11) is 2.01. The molecule has 1 heterocycles. The molecule has 1 aromatic rings. The van der Waals surface area contributed by atoms with E-state index in [1.54, 1.807) is 6.20 Å². The first-order chi connectivity index (χ1) is 8.71. The highest BCUT2D eigenvalue weighted by Crippen LogP contribution is 2.11. The number of anilines is 1. The number of aromatic nitrogens is 1. The molecule has 1 unspecified atom stereocenters. The molecule has 0 aromatic carbocycles. The minimum Gasteiger partial charge on any atom is -0.383 e. The third-order valence-electron chi connectivity index (χ3n) is 3.49. The summed E-state index contributed by atoms with van der Waals surface area (Å²) in [5, 5.41) is 3.37. The summed E-state index contributed by atoms with van der Waals surface area (Å²) in [5.74, 6) is 0.653. The topological polar surface area (TPSA) is 54.2 Å². The van der Waals surface area contributed by atoms with Crippen LogP contribution < -0.4 is 11.1 Å². The molecule has 4 heteroatoms. The summed E-state index contributed by atoms with van der Waals surface area (Å²) in [6, 6.07) is 4.46. The second kappa shape index (κ2) is 8.06. The van der Waals surface area contributed by atoms with E-state index in [1.165, 1.54) is 0 Å². The zero-order valence-electron chi connectivity index (χ0n) is 11.8. The number of pyridine rings is 1. The van der Waals surface area contributed by atoms with E-state index in [4.69, 9.17) is 5.73 Å². The van der Waals surface area contributed by atoms with Crippen LogP contribution in [0, 0.1) is 0 Å². The van der Waals surface area contributed by atoms with Crippen LogP contribution in [0.5, 0.6) is 0 Å². The van der Waals surface area contributed by atoms with Crippen LogP contribution in [-0.4, -0.2) is 42.6 Å². The van der Waals surface area contributed by atoms with Crippen molar-refractivity contribution < 1.29 is 0 Å². The van der Waals surface area contributed by atoms with Crippen LogP contribution >= 0.6 is 0 Å². The van der Waals surface area contributed by atoms with Gasteiger partial charge in [-0.15, -0.1) is 0 Å². The summed E-state index contributed by atoms with van der Waals surface area (Å²) in [5.41, 5.74) is 7.02. The zero-order chi connectivity index (χ0) is 13.4. The maximum atomic E-state index is 5.88. The Labute approximate surface area is 111 Å². The molecule has 1 aromatic heterocycles. The number of hydrogen-bond acceptors (Lipinski definition) is 4. The van der Waals surface area contributed by atoms with Crippen LogP contribution in [0.15, 0.2) is 18.3 Å². The summed E-state index contributed by atoms with van der Waals surface area (Å²) in [6.07, 6.45) is 3.81. The molecule has 3 N–H and O–H groups in total. The Morgan fingerprint density at radius 3 is 2.67 bits per heavy atom. The number of nitrogens with two attached hydrogens (primary N) is 1. The quantitative estimate of drug-likeness (QED) is 0.734. The van der Waals surface area contributed by atoms with Gasteiger partial charge >= 0.3 is 0 Å². The van der Waals surface area contributed by atoms with Crippen LogP contribution in [0.4, 0.5) is 5.82 Å². The maximum Gasteiger partial charge on any atom is 0.126 e. The third kappa shape index (κ3) is 4.63. The predicted octanol–water partition coefficient (Wildman–Crippen LogP) is 1.53. The number of nitrogens with one attached hydrogen (secondary N) is 1. The maximum absolute atomic E-state index is 5.88. The van der Waals surface area contributed by atoms with Crippen molar-refractivity contribution >= 4 is 5.82 Å². The molecule has 0 saturated heterocycles. The van der Waals surface area contributed by atoms with Gasteiger partial charge in [-0.3, -0.25) is 0 Å². The smallest absolute Gasteiger partial charge is 0.126 e. The average molecular weight is 250 g/mol. The van der Waals surface area contributed by atoms with Gasteiger partial charge in [0.05, 0.1) is 0 Å². The lowest BCUT2D eigenvalue weighted by Gasteiger charge is -2.22.